The Bertz CT molecular complexity index is 1590. The Balaban J connectivity index is 1.26. The van der Waals surface area contributed by atoms with Crippen molar-refractivity contribution in [2.75, 3.05) is 5.32 Å². The molecule has 2 amide bonds. The third-order valence-electron chi connectivity index (χ3n) is 5.51. The number of anilines is 1. The molecule has 0 radical (unpaired) electrons. The fraction of sp³-hybridized carbons (Fsp3) is 0.120. The summed E-state index contributed by atoms with van der Waals surface area (Å²) in [6.07, 6.45) is 4.71. The molecule has 0 fully saturated rings. The topological polar surface area (TPSA) is 135 Å². The molecule has 0 unspecified atom stereocenters. The quantitative estimate of drug-likeness (QED) is 0.315. The Hall–Kier alpha value is -4.64. The van der Waals surface area contributed by atoms with Gasteiger partial charge in [-0.1, -0.05) is 30.3 Å². The third kappa shape index (κ3) is 4.91. The summed E-state index contributed by atoms with van der Waals surface area (Å²) in [4.78, 5) is 54.1. The number of fused-ring (bicyclic) bond motifs is 1. The van der Waals surface area contributed by atoms with E-state index in [9.17, 15) is 14.4 Å². The van der Waals surface area contributed by atoms with Gasteiger partial charge in [0.2, 0.25) is 5.91 Å². The maximum atomic E-state index is 13.0. The van der Waals surface area contributed by atoms with Crippen molar-refractivity contribution in [2.45, 2.75) is 20.0 Å². The molecule has 0 saturated carbocycles. The minimum atomic E-state index is -0.527. The van der Waals surface area contributed by atoms with Crippen molar-refractivity contribution >= 4 is 39.7 Å². The van der Waals surface area contributed by atoms with Crippen LogP contribution in [0.15, 0.2) is 71.2 Å². The number of pyridine rings is 1. The van der Waals surface area contributed by atoms with Gasteiger partial charge in [0, 0.05) is 39.9 Å². The fourth-order valence-electron chi connectivity index (χ4n) is 3.65. The van der Waals surface area contributed by atoms with Crippen LogP contribution in [-0.4, -0.2) is 36.3 Å². The molecule has 4 heterocycles. The number of aryl methyl sites for hydroxylation is 1. The number of thiazole rings is 1. The summed E-state index contributed by atoms with van der Waals surface area (Å²) in [6.45, 7) is 1.65. The number of rotatable bonds is 7. The molecule has 5 aromatic rings. The molecular formula is C25H21N7O3S. The first-order valence-electron chi connectivity index (χ1n) is 11.0. The number of hydrogen-bond acceptors (Lipinski definition) is 7. The lowest BCUT2D eigenvalue weighted by Gasteiger charge is -2.11. The molecule has 0 saturated heterocycles. The zero-order valence-corrected chi connectivity index (χ0v) is 20.0. The van der Waals surface area contributed by atoms with E-state index in [1.165, 1.54) is 22.1 Å². The first-order valence-corrected chi connectivity index (χ1v) is 11.9. The number of amides is 2. The molecule has 4 aromatic heterocycles. The van der Waals surface area contributed by atoms with Crippen molar-refractivity contribution in [1.82, 2.24) is 29.8 Å². The van der Waals surface area contributed by atoms with Crippen molar-refractivity contribution in [1.29, 1.82) is 0 Å². The molecule has 10 nitrogen and oxygen atoms in total. The Labute approximate surface area is 209 Å². The molecule has 0 aliphatic carbocycles. The van der Waals surface area contributed by atoms with Crippen molar-refractivity contribution in [3.05, 3.63) is 94.0 Å². The normalized spacial score (nSPS) is 10.9. The molecule has 1 aromatic carbocycles. The van der Waals surface area contributed by atoms with E-state index in [-0.39, 0.29) is 30.4 Å². The summed E-state index contributed by atoms with van der Waals surface area (Å²) < 4.78 is 1.22. The Kier molecular flexibility index (Phi) is 6.37. The standard InChI is InChI=1S/C25H21N7O3S/c1-15-27-12-20(30-23(34)21-14-36-24(31-21)16-5-3-2-4-6-16)25(35)32(15)13-22(33)28-11-18-9-17-10-26-8-7-19(17)29-18/h2-10,12,14,29H,11,13H2,1H3,(H,28,33)(H,30,34). The summed E-state index contributed by atoms with van der Waals surface area (Å²) >= 11 is 1.33. The molecule has 3 N–H and O–H groups in total. The lowest BCUT2D eigenvalue weighted by molar-refractivity contribution is -0.121. The highest BCUT2D eigenvalue weighted by atomic mass is 32.1. The highest BCUT2D eigenvalue weighted by Gasteiger charge is 2.17. The zero-order valence-electron chi connectivity index (χ0n) is 19.2. The van der Waals surface area contributed by atoms with Gasteiger partial charge in [0.05, 0.1) is 12.7 Å². The van der Waals surface area contributed by atoms with Gasteiger partial charge in [0.1, 0.15) is 28.8 Å². The van der Waals surface area contributed by atoms with E-state index in [1.807, 2.05) is 42.5 Å². The van der Waals surface area contributed by atoms with Crippen LogP contribution in [0.2, 0.25) is 0 Å². The second-order valence-electron chi connectivity index (χ2n) is 8.00. The number of aromatic amines is 1. The SMILES string of the molecule is Cc1ncc(NC(=O)c2csc(-c3ccccc3)n2)c(=O)n1CC(=O)NCc1cc2cnccc2[nH]1. The fourth-order valence-corrected chi connectivity index (χ4v) is 4.45. The van der Waals surface area contributed by atoms with Crippen LogP contribution >= 0.6 is 11.3 Å². The average molecular weight is 500 g/mol. The van der Waals surface area contributed by atoms with E-state index < -0.39 is 11.5 Å². The van der Waals surface area contributed by atoms with E-state index in [2.05, 4.69) is 30.6 Å². The number of carbonyl (C=O) groups is 2. The molecule has 5 rings (SSSR count). The van der Waals surface area contributed by atoms with Gasteiger partial charge in [-0.05, 0) is 19.1 Å². The number of aromatic nitrogens is 5. The summed E-state index contributed by atoms with van der Waals surface area (Å²) in [5.41, 5.74) is 2.27. The number of nitrogens with zero attached hydrogens (tertiary/aromatic N) is 4. The predicted octanol–water partition coefficient (Wildman–Crippen LogP) is 3.12. The Morgan fingerprint density at radius 1 is 1.14 bits per heavy atom. The first kappa shape index (κ1) is 23.1. The van der Waals surface area contributed by atoms with E-state index >= 15 is 0 Å². The largest absolute Gasteiger partial charge is 0.357 e. The van der Waals surface area contributed by atoms with E-state index in [0.29, 0.717) is 10.8 Å². The van der Waals surface area contributed by atoms with Gasteiger partial charge in [-0.3, -0.25) is 23.9 Å². The van der Waals surface area contributed by atoms with Crippen molar-refractivity contribution < 1.29 is 9.59 Å². The lowest BCUT2D eigenvalue weighted by atomic mass is 10.2. The van der Waals surface area contributed by atoms with Crippen molar-refractivity contribution in [3.63, 3.8) is 0 Å². The zero-order chi connectivity index (χ0) is 25.1. The van der Waals surface area contributed by atoms with Crippen LogP contribution in [0.25, 0.3) is 21.5 Å². The molecule has 36 heavy (non-hydrogen) atoms. The van der Waals surface area contributed by atoms with Crippen LogP contribution in [-0.2, 0) is 17.9 Å². The number of nitrogens with one attached hydrogen (secondary N) is 3. The molecular weight excluding hydrogens is 478 g/mol. The maximum Gasteiger partial charge on any atom is 0.277 e. The Morgan fingerprint density at radius 2 is 1.97 bits per heavy atom. The summed E-state index contributed by atoms with van der Waals surface area (Å²) in [7, 11) is 0. The van der Waals surface area contributed by atoms with Crippen LogP contribution < -0.4 is 16.2 Å². The Morgan fingerprint density at radius 3 is 2.78 bits per heavy atom. The lowest BCUT2D eigenvalue weighted by Crippen LogP contribution is -2.35. The first-order chi connectivity index (χ1) is 17.5. The molecule has 0 bridgehead atoms. The van der Waals surface area contributed by atoms with Crippen molar-refractivity contribution in [3.8, 4) is 10.6 Å². The second kappa shape index (κ2) is 9.92. The highest BCUT2D eigenvalue weighted by Crippen LogP contribution is 2.23. The molecule has 0 atom stereocenters. The summed E-state index contributed by atoms with van der Waals surface area (Å²) in [6, 6.07) is 13.3. The minimum absolute atomic E-state index is 0.0317. The van der Waals surface area contributed by atoms with Gasteiger partial charge in [-0.2, -0.15) is 0 Å². The molecule has 11 heteroatoms. The molecule has 180 valence electrons. The highest BCUT2D eigenvalue weighted by molar-refractivity contribution is 7.13. The molecule has 0 aliphatic rings. The van der Waals surface area contributed by atoms with Gasteiger partial charge in [0.25, 0.3) is 11.5 Å². The van der Waals surface area contributed by atoms with Crippen LogP contribution in [0.1, 0.15) is 22.0 Å². The predicted molar refractivity (Wildman–Crippen MR) is 137 cm³/mol. The second-order valence-corrected chi connectivity index (χ2v) is 8.86. The maximum absolute atomic E-state index is 13.0. The summed E-state index contributed by atoms with van der Waals surface area (Å²) in [5.74, 6) is -0.542. The van der Waals surface area contributed by atoms with Gasteiger partial charge >= 0.3 is 0 Å². The van der Waals surface area contributed by atoms with Crippen LogP contribution in [0.4, 0.5) is 5.69 Å². The number of H-pyrrole nitrogens is 1. The van der Waals surface area contributed by atoms with E-state index in [1.54, 1.807) is 24.7 Å². The van der Waals surface area contributed by atoms with E-state index in [4.69, 9.17) is 0 Å². The average Bonchev–Trinajstić information content (AvgIpc) is 3.55. The van der Waals surface area contributed by atoms with Gasteiger partial charge < -0.3 is 15.6 Å². The van der Waals surface area contributed by atoms with Crippen molar-refractivity contribution in [2.24, 2.45) is 0 Å². The third-order valence-corrected chi connectivity index (χ3v) is 6.40. The van der Waals surface area contributed by atoms with Gasteiger partial charge in [-0.25, -0.2) is 9.97 Å². The molecule has 0 spiro atoms. The van der Waals surface area contributed by atoms with Gasteiger partial charge in [0.15, 0.2) is 0 Å². The van der Waals surface area contributed by atoms with E-state index in [0.717, 1.165) is 22.2 Å². The number of carbonyl (C=O) groups excluding carboxylic acids is 2. The van der Waals surface area contributed by atoms with Crippen LogP contribution in [0.5, 0.6) is 0 Å². The van der Waals surface area contributed by atoms with Crippen LogP contribution in [0.3, 0.4) is 0 Å². The van der Waals surface area contributed by atoms with Crippen LogP contribution in [0, 0.1) is 6.92 Å². The molecule has 0 aliphatic heterocycles. The minimum Gasteiger partial charge on any atom is -0.357 e. The number of hydrogen-bond donors (Lipinski definition) is 3. The van der Waals surface area contributed by atoms with Gasteiger partial charge in [-0.15, -0.1) is 11.3 Å². The summed E-state index contributed by atoms with van der Waals surface area (Å²) in [5, 5.41) is 8.63. The number of benzene rings is 1. The monoisotopic (exact) mass is 499 g/mol. The smallest absolute Gasteiger partial charge is 0.277 e.